The van der Waals surface area contributed by atoms with Crippen molar-refractivity contribution in [2.45, 2.75) is 40.2 Å². The Bertz CT molecular complexity index is 825. The Morgan fingerprint density at radius 1 is 1.03 bits per heavy atom. The molecule has 0 unspecified atom stereocenters. The average molecular weight is 545 g/mol. The molecule has 0 aliphatic carbocycles. The molecular weight excluding hydrogens is 518 g/mol. The van der Waals surface area contributed by atoms with Gasteiger partial charge in [0.1, 0.15) is 17.1 Å². The van der Waals surface area contributed by atoms with Gasteiger partial charge < -0.3 is 18.9 Å². The molecule has 0 aliphatic heterocycles. The Hall–Kier alpha value is -1.77. The van der Waals surface area contributed by atoms with Gasteiger partial charge in [-0.15, -0.1) is 0 Å². The summed E-state index contributed by atoms with van der Waals surface area (Å²) in [6.45, 7) is 10.5. The fourth-order valence-corrected chi connectivity index (χ4v) is 3.61. The minimum atomic E-state index is -0.571. The number of carbonyl (C=O) groups is 1. The second kappa shape index (κ2) is 11.0. The van der Waals surface area contributed by atoms with E-state index < -0.39 is 11.7 Å². The lowest BCUT2D eigenvalue weighted by Gasteiger charge is -2.20. The molecule has 0 saturated carbocycles. The quantitative estimate of drug-likeness (QED) is 0.278. The molecule has 1 N–H and O–H groups in total. The van der Waals surface area contributed by atoms with Crippen molar-refractivity contribution in [1.29, 1.82) is 0 Å². The number of carbonyl (C=O) groups excluding carboxylic acids is 1. The summed E-state index contributed by atoms with van der Waals surface area (Å²) >= 11 is 6.97. The third kappa shape index (κ3) is 8.53. The zero-order valence-electron chi connectivity index (χ0n) is 17.8. The summed E-state index contributed by atoms with van der Waals surface area (Å²) in [4.78, 5) is 12.0. The lowest BCUT2D eigenvalue weighted by molar-refractivity contribution is 0.00270. The van der Waals surface area contributed by atoms with Gasteiger partial charge in [0.05, 0.1) is 15.6 Å². The summed E-state index contributed by atoms with van der Waals surface area (Å²) in [5, 5.41) is 2.70. The van der Waals surface area contributed by atoms with Crippen LogP contribution in [0, 0.1) is 5.92 Å². The van der Waals surface area contributed by atoms with Crippen LogP contribution in [0.1, 0.15) is 34.6 Å². The van der Waals surface area contributed by atoms with E-state index in [0.717, 1.165) is 0 Å². The first-order chi connectivity index (χ1) is 14.0. The third-order valence-corrected chi connectivity index (χ3v) is 4.63. The summed E-state index contributed by atoms with van der Waals surface area (Å²) in [6, 6.07) is 10.7. The molecule has 2 aromatic rings. The Labute approximate surface area is 194 Å². The molecule has 2 rings (SSSR count). The van der Waals surface area contributed by atoms with Crippen molar-refractivity contribution in [1.82, 2.24) is 0 Å². The first kappa shape index (κ1) is 24.5. The highest BCUT2D eigenvalue weighted by atomic mass is 79.9. The van der Waals surface area contributed by atoms with Gasteiger partial charge in [-0.1, -0.05) is 13.8 Å². The fraction of sp³-hybridized carbons (Fsp3) is 0.409. The van der Waals surface area contributed by atoms with Crippen LogP contribution < -0.4 is 14.8 Å². The van der Waals surface area contributed by atoms with E-state index in [0.29, 0.717) is 44.4 Å². The highest BCUT2D eigenvalue weighted by molar-refractivity contribution is 9.11. The van der Waals surface area contributed by atoms with Crippen LogP contribution in [0.15, 0.2) is 45.3 Å². The molecule has 0 fully saturated rings. The van der Waals surface area contributed by atoms with Crippen LogP contribution >= 0.6 is 31.9 Å². The molecule has 164 valence electrons. The molecule has 6 nitrogen and oxygen atoms in total. The van der Waals surface area contributed by atoms with E-state index in [1.807, 2.05) is 45.0 Å². The second-order valence-corrected chi connectivity index (χ2v) is 9.70. The lowest BCUT2D eigenvalue weighted by atomic mass is 10.2. The SMILES string of the molecule is CC(C)COCOc1ccc(Oc2c(Br)cc(NC(=O)OC(C)(C)C)cc2Br)cc1. The predicted octanol–water partition coefficient (Wildman–Crippen LogP) is 7.36. The summed E-state index contributed by atoms with van der Waals surface area (Å²) in [5.74, 6) is 2.38. The maximum atomic E-state index is 12.0. The van der Waals surface area contributed by atoms with Gasteiger partial charge in [-0.25, -0.2) is 4.79 Å². The van der Waals surface area contributed by atoms with Gasteiger partial charge in [-0.05, 0) is 94.9 Å². The highest BCUT2D eigenvalue weighted by Crippen LogP contribution is 2.39. The topological polar surface area (TPSA) is 66.0 Å². The Kier molecular flexibility index (Phi) is 9.00. The predicted molar refractivity (Wildman–Crippen MR) is 124 cm³/mol. The maximum Gasteiger partial charge on any atom is 0.412 e. The zero-order valence-corrected chi connectivity index (χ0v) is 20.9. The van der Waals surface area contributed by atoms with E-state index in [4.69, 9.17) is 18.9 Å². The van der Waals surface area contributed by atoms with E-state index in [1.165, 1.54) is 0 Å². The standard InChI is InChI=1S/C22H27Br2NO5/c1-14(2)12-27-13-28-16-6-8-17(9-7-16)29-20-18(23)10-15(11-19(20)24)25-21(26)30-22(3,4)5/h6-11,14H,12-13H2,1-5H3,(H,25,26). The largest absolute Gasteiger partial charge is 0.468 e. The number of hydrogen-bond donors (Lipinski definition) is 1. The Morgan fingerprint density at radius 2 is 1.60 bits per heavy atom. The zero-order chi connectivity index (χ0) is 22.3. The molecule has 0 heterocycles. The minimum Gasteiger partial charge on any atom is -0.468 e. The number of halogens is 2. The number of amides is 1. The van der Waals surface area contributed by atoms with Gasteiger partial charge in [0.15, 0.2) is 12.5 Å². The summed E-state index contributed by atoms with van der Waals surface area (Å²) < 4.78 is 23.5. The van der Waals surface area contributed by atoms with Crippen molar-refractivity contribution in [3.63, 3.8) is 0 Å². The van der Waals surface area contributed by atoms with Gasteiger partial charge >= 0.3 is 6.09 Å². The molecule has 2 aromatic carbocycles. The molecule has 0 aliphatic rings. The number of hydrogen-bond acceptors (Lipinski definition) is 5. The van der Waals surface area contributed by atoms with Crippen LogP contribution in [-0.2, 0) is 9.47 Å². The Balaban J connectivity index is 1.98. The number of benzene rings is 2. The monoisotopic (exact) mass is 543 g/mol. The molecule has 30 heavy (non-hydrogen) atoms. The first-order valence-electron chi connectivity index (χ1n) is 9.51. The smallest absolute Gasteiger partial charge is 0.412 e. The molecule has 0 atom stereocenters. The van der Waals surface area contributed by atoms with Gasteiger partial charge in [0.2, 0.25) is 0 Å². The number of rotatable bonds is 8. The normalized spacial score (nSPS) is 11.3. The van der Waals surface area contributed by atoms with E-state index in [-0.39, 0.29) is 6.79 Å². The number of nitrogens with one attached hydrogen (secondary N) is 1. The number of ether oxygens (including phenoxy) is 4. The highest BCUT2D eigenvalue weighted by Gasteiger charge is 2.17. The van der Waals surface area contributed by atoms with E-state index >= 15 is 0 Å². The van der Waals surface area contributed by atoms with Crippen LogP contribution in [0.25, 0.3) is 0 Å². The molecule has 0 saturated heterocycles. The third-order valence-electron chi connectivity index (χ3n) is 3.45. The van der Waals surface area contributed by atoms with Gasteiger partial charge in [0, 0.05) is 5.69 Å². The van der Waals surface area contributed by atoms with Crippen molar-refractivity contribution in [3.8, 4) is 17.2 Å². The molecule has 0 spiro atoms. The molecule has 0 bridgehead atoms. The van der Waals surface area contributed by atoms with Crippen molar-refractivity contribution in [3.05, 3.63) is 45.3 Å². The van der Waals surface area contributed by atoms with Crippen LogP contribution in [0.3, 0.4) is 0 Å². The minimum absolute atomic E-state index is 0.210. The summed E-state index contributed by atoms with van der Waals surface area (Å²) in [5.41, 5.74) is -0.00150. The average Bonchev–Trinajstić information content (AvgIpc) is 2.61. The van der Waals surface area contributed by atoms with Gasteiger partial charge in [-0.3, -0.25) is 5.32 Å². The Morgan fingerprint density at radius 3 is 2.13 bits per heavy atom. The summed E-state index contributed by atoms with van der Waals surface area (Å²) in [6.07, 6.45) is -0.525. The fourth-order valence-electron chi connectivity index (χ4n) is 2.27. The van der Waals surface area contributed by atoms with Crippen LogP contribution in [0.2, 0.25) is 0 Å². The van der Waals surface area contributed by atoms with Crippen LogP contribution in [-0.4, -0.2) is 25.1 Å². The molecule has 0 aromatic heterocycles. The van der Waals surface area contributed by atoms with Crippen molar-refractivity contribution >= 4 is 43.6 Å². The summed E-state index contributed by atoms with van der Waals surface area (Å²) in [7, 11) is 0. The maximum absolute atomic E-state index is 12.0. The van der Waals surface area contributed by atoms with Gasteiger partial charge in [0.25, 0.3) is 0 Å². The molecule has 8 heteroatoms. The molecular formula is C22H27Br2NO5. The number of anilines is 1. The molecule has 0 radical (unpaired) electrons. The van der Waals surface area contributed by atoms with Gasteiger partial charge in [-0.2, -0.15) is 0 Å². The second-order valence-electron chi connectivity index (χ2n) is 8.00. The van der Waals surface area contributed by atoms with E-state index in [2.05, 4.69) is 51.0 Å². The first-order valence-corrected chi connectivity index (χ1v) is 11.1. The molecule has 1 amide bonds. The van der Waals surface area contributed by atoms with Crippen LogP contribution in [0.5, 0.6) is 17.2 Å². The van der Waals surface area contributed by atoms with E-state index in [9.17, 15) is 4.79 Å². The van der Waals surface area contributed by atoms with Crippen molar-refractivity contribution in [2.75, 3.05) is 18.7 Å². The van der Waals surface area contributed by atoms with Crippen molar-refractivity contribution in [2.24, 2.45) is 5.92 Å². The van der Waals surface area contributed by atoms with Crippen molar-refractivity contribution < 1.29 is 23.7 Å². The van der Waals surface area contributed by atoms with Crippen LogP contribution in [0.4, 0.5) is 10.5 Å². The van der Waals surface area contributed by atoms with E-state index in [1.54, 1.807) is 12.1 Å². The lowest BCUT2D eigenvalue weighted by Crippen LogP contribution is -2.27.